The number of benzene rings is 2. The Hall–Kier alpha value is -3.55. The number of non-ortho nitro benzene ring substituents is 1. The lowest BCUT2D eigenvalue weighted by Gasteiger charge is -2.11. The van der Waals surface area contributed by atoms with Gasteiger partial charge >= 0.3 is 0 Å². The quantitative estimate of drug-likeness (QED) is 0.295. The predicted octanol–water partition coefficient (Wildman–Crippen LogP) is 2.08. The molecule has 1 aromatic heterocycles. The molecule has 0 amide bonds. The van der Waals surface area contributed by atoms with Gasteiger partial charge in [0.15, 0.2) is 0 Å². The van der Waals surface area contributed by atoms with E-state index in [4.69, 9.17) is 0 Å². The molecular formula is C18H19N6O2+. The van der Waals surface area contributed by atoms with E-state index in [0.717, 1.165) is 16.8 Å². The normalized spacial score (nSPS) is 11.0. The summed E-state index contributed by atoms with van der Waals surface area (Å²) < 4.78 is 1.85. The molecule has 0 unspecified atom stereocenters. The number of nitro benzene ring substituents is 1. The zero-order chi connectivity index (χ0) is 18.5. The summed E-state index contributed by atoms with van der Waals surface area (Å²) in [6.45, 7) is 0.561. The van der Waals surface area contributed by atoms with Crippen LogP contribution in [-0.2, 0) is 6.54 Å². The Labute approximate surface area is 150 Å². The molecule has 0 radical (unpaired) electrons. The summed E-state index contributed by atoms with van der Waals surface area (Å²) >= 11 is 0. The van der Waals surface area contributed by atoms with Gasteiger partial charge in [0, 0.05) is 36.7 Å². The Morgan fingerprint density at radius 3 is 2.50 bits per heavy atom. The zero-order valence-electron chi connectivity index (χ0n) is 14.6. The van der Waals surface area contributed by atoms with Gasteiger partial charge in [-0.25, -0.2) is 4.57 Å². The molecule has 0 spiro atoms. The van der Waals surface area contributed by atoms with E-state index in [1.165, 1.54) is 16.9 Å². The maximum atomic E-state index is 10.7. The first-order valence-electron chi connectivity index (χ1n) is 8.00. The maximum absolute atomic E-state index is 10.7. The van der Waals surface area contributed by atoms with E-state index in [1.807, 2.05) is 47.8 Å². The van der Waals surface area contributed by atoms with Gasteiger partial charge in [-0.2, -0.15) is 0 Å². The molecule has 132 valence electrons. The summed E-state index contributed by atoms with van der Waals surface area (Å²) in [7, 11) is 3.99. The van der Waals surface area contributed by atoms with Crippen molar-refractivity contribution in [1.29, 1.82) is 0 Å². The van der Waals surface area contributed by atoms with Gasteiger partial charge in [-0.05, 0) is 35.4 Å². The van der Waals surface area contributed by atoms with Gasteiger partial charge in [0.2, 0.25) is 0 Å². The van der Waals surface area contributed by atoms with Crippen molar-refractivity contribution < 1.29 is 9.49 Å². The van der Waals surface area contributed by atoms with Gasteiger partial charge in [0.1, 0.15) is 0 Å². The van der Waals surface area contributed by atoms with Crippen molar-refractivity contribution in [1.82, 2.24) is 9.89 Å². The number of hydrogen-bond donors (Lipinski definition) is 0. The van der Waals surface area contributed by atoms with Gasteiger partial charge < -0.3 is 4.90 Å². The average Bonchev–Trinajstić information content (AvgIpc) is 3.08. The van der Waals surface area contributed by atoms with E-state index in [0.29, 0.717) is 6.54 Å². The van der Waals surface area contributed by atoms with Gasteiger partial charge in [0.25, 0.3) is 18.3 Å². The molecule has 0 atom stereocenters. The van der Waals surface area contributed by atoms with Gasteiger partial charge in [-0.3, -0.25) is 10.1 Å². The zero-order valence-corrected chi connectivity index (χ0v) is 14.6. The van der Waals surface area contributed by atoms with Crippen molar-refractivity contribution in [3.8, 4) is 0 Å². The Balaban J connectivity index is 1.64. The summed E-state index contributed by atoms with van der Waals surface area (Å²) in [6, 6.07) is 14.5. The number of aromatic nitrogens is 3. The van der Waals surface area contributed by atoms with Crippen LogP contribution in [0.3, 0.4) is 0 Å². The standard InChI is InChI=1S/C18H19N6O2/c1-21(2)17-7-3-15(4-8-17)11-19-23-14-22(13-20-23)12-16-5-9-18(10-6-16)24(25)26/h3-11,13-14H,12H2,1-2H3/q+1/b19-11+. The molecular weight excluding hydrogens is 332 g/mol. The largest absolute Gasteiger partial charge is 0.378 e. The second-order valence-corrected chi connectivity index (χ2v) is 5.99. The molecule has 8 heteroatoms. The van der Waals surface area contributed by atoms with Crippen LogP contribution in [0.1, 0.15) is 11.1 Å². The highest BCUT2D eigenvalue weighted by Crippen LogP contribution is 2.12. The molecule has 0 fully saturated rings. The molecule has 0 bridgehead atoms. The lowest BCUT2D eigenvalue weighted by atomic mass is 10.2. The summed E-state index contributed by atoms with van der Waals surface area (Å²) in [5.74, 6) is 0. The monoisotopic (exact) mass is 351 g/mol. The topological polar surface area (TPSA) is 80.4 Å². The highest BCUT2D eigenvalue weighted by molar-refractivity contribution is 5.80. The van der Waals surface area contributed by atoms with Crippen LogP contribution in [0.4, 0.5) is 11.4 Å². The molecule has 26 heavy (non-hydrogen) atoms. The third-order valence-corrected chi connectivity index (χ3v) is 3.82. The molecule has 0 aliphatic carbocycles. The molecule has 0 aliphatic rings. The molecule has 0 saturated heterocycles. The van der Waals surface area contributed by atoms with Gasteiger partial charge in [0.05, 0.1) is 22.8 Å². The fraction of sp³-hybridized carbons (Fsp3) is 0.167. The highest BCUT2D eigenvalue weighted by Gasteiger charge is 2.08. The number of hydrogen-bond acceptors (Lipinski definition) is 5. The minimum absolute atomic E-state index is 0.0827. The van der Waals surface area contributed by atoms with Crippen LogP contribution < -0.4 is 9.47 Å². The number of nitro groups is 1. The van der Waals surface area contributed by atoms with Crippen LogP contribution in [0.25, 0.3) is 0 Å². The molecule has 3 rings (SSSR count). The SMILES string of the molecule is CN(C)c1ccc(/C=N/n2c[n+](Cc3ccc([N+](=O)[O-])cc3)cn2)cc1. The fourth-order valence-electron chi connectivity index (χ4n) is 2.37. The van der Waals surface area contributed by atoms with E-state index in [-0.39, 0.29) is 5.69 Å². The van der Waals surface area contributed by atoms with Crippen LogP contribution in [-0.4, -0.2) is 35.1 Å². The molecule has 0 saturated carbocycles. The Morgan fingerprint density at radius 2 is 1.88 bits per heavy atom. The smallest absolute Gasteiger partial charge is 0.269 e. The fourth-order valence-corrected chi connectivity index (χ4v) is 2.37. The summed E-state index contributed by atoms with van der Waals surface area (Å²) in [5.41, 5.74) is 3.14. The Bertz CT molecular complexity index is 914. The average molecular weight is 351 g/mol. The van der Waals surface area contributed by atoms with Gasteiger partial charge in [-0.1, -0.05) is 17.2 Å². The molecule has 8 nitrogen and oxygen atoms in total. The second kappa shape index (κ2) is 7.56. The van der Waals surface area contributed by atoms with E-state index >= 15 is 0 Å². The molecule has 0 aliphatic heterocycles. The minimum atomic E-state index is -0.408. The van der Waals surface area contributed by atoms with Crippen molar-refractivity contribution in [2.45, 2.75) is 6.54 Å². The summed E-state index contributed by atoms with van der Waals surface area (Å²) in [4.78, 5) is 13.8. The lowest BCUT2D eigenvalue weighted by molar-refractivity contribution is -0.689. The summed E-state index contributed by atoms with van der Waals surface area (Å²) in [5, 5.41) is 19.2. The highest BCUT2D eigenvalue weighted by atomic mass is 16.6. The van der Waals surface area contributed by atoms with E-state index < -0.39 is 4.92 Å². The van der Waals surface area contributed by atoms with Crippen LogP contribution in [0.15, 0.2) is 66.3 Å². The van der Waals surface area contributed by atoms with Crippen molar-refractivity contribution in [2.75, 3.05) is 19.0 Å². The van der Waals surface area contributed by atoms with E-state index in [2.05, 4.69) is 10.2 Å². The Kier molecular flexibility index (Phi) is 5.02. The maximum Gasteiger partial charge on any atom is 0.269 e. The van der Waals surface area contributed by atoms with E-state index in [1.54, 1.807) is 31.0 Å². The molecule has 2 aromatic carbocycles. The third-order valence-electron chi connectivity index (χ3n) is 3.82. The number of anilines is 1. The number of rotatable bonds is 6. The van der Waals surface area contributed by atoms with Gasteiger partial charge in [-0.15, -0.1) is 0 Å². The Morgan fingerprint density at radius 1 is 1.19 bits per heavy atom. The summed E-state index contributed by atoms with van der Waals surface area (Å²) in [6.07, 6.45) is 5.16. The first kappa shape index (κ1) is 17.3. The van der Waals surface area contributed by atoms with Crippen LogP contribution >= 0.6 is 0 Å². The van der Waals surface area contributed by atoms with Crippen LogP contribution in [0, 0.1) is 10.1 Å². The number of nitrogens with zero attached hydrogens (tertiary/aromatic N) is 6. The van der Waals surface area contributed by atoms with Crippen LogP contribution in [0.5, 0.6) is 0 Å². The lowest BCUT2D eigenvalue weighted by Crippen LogP contribution is -2.31. The predicted molar refractivity (Wildman–Crippen MR) is 98.4 cm³/mol. The first-order valence-corrected chi connectivity index (χ1v) is 8.00. The molecule has 3 aromatic rings. The van der Waals surface area contributed by atoms with Crippen LogP contribution in [0.2, 0.25) is 0 Å². The van der Waals surface area contributed by atoms with Crippen molar-refractivity contribution in [3.05, 3.63) is 82.4 Å². The van der Waals surface area contributed by atoms with Crippen molar-refractivity contribution >= 4 is 17.6 Å². The third kappa shape index (κ3) is 4.29. The molecule has 1 heterocycles. The minimum Gasteiger partial charge on any atom is -0.378 e. The molecule has 0 N–H and O–H groups in total. The van der Waals surface area contributed by atoms with Crippen molar-refractivity contribution in [2.24, 2.45) is 5.10 Å². The second-order valence-electron chi connectivity index (χ2n) is 5.99. The van der Waals surface area contributed by atoms with Crippen molar-refractivity contribution in [3.63, 3.8) is 0 Å². The first-order chi connectivity index (χ1) is 12.5. The van der Waals surface area contributed by atoms with E-state index in [9.17, 15) is 10.1 Å².